The molecule has 7 heteroatoms. The van der Waals surface area contributed by atoms with Crippen LogP contribution in [0.3, 0.4) is 0 Å². The predicted octanol–water partition coefficient (Wildman–Crippen LogP) is 8.85. The van der Waals surface area contributed by atoms with Crippen LogP contribution in [0.5, 0.6) is 0 Å². The van der Waals surface area contributed by atoms with Gasteiger partial charge in [0, 0.05) is 5.92 Å². The molecule has 6 rings (SSSR count). The van der Waals surface area contributed by atoms with E-state index < -0.39 is 36.3 Å². The summed E-state index contributed by atoms with van der Waals surface area (Å²) in [5, 5.41) is 0. The molecule has 4 aromatic carbocycles. The van der Waals surface area contributed by atoms with Gasteiger partial charge >= 0.3 is 0 Å². The summed E-state index contributed by atoms with van der Waals surface area (Å²) in [6.07, 6.45) is 2.74. The zero-order valence-corrected chi connectivity index (χ0v) is 30.9. The van der Waals surface area contributed by atoms with Crippen molar-refractivity contribution in [3.8, 4) is 0 Å². The lowest BCUT2D eigenvalue weighted by atomic mass is 9.91. The zero-order chi connectivity index (χ0) is 36.2. The Bertz CT molecular complexity index is 1620. The zero-order valence-electron chi connectivity index (χ0n) is 30.9. The summed E-state index contributed by atoms with van der Waals surface area (Å²) in [5.74, 6) is -0.564. The van der Waals surface area contributed by atoms with Crippen LogP contribution < -0.4 is 0 Å². The van der Waals surface area contributed by atoms with E-state index in [2.05, 4.69) is 74.5 Å². The van der Waals surface area contributed by atoms with E-state index in [0.29, 0.717) is 33.0 Å². The Kier molecular flexibility index (Phi) is 13.8. The lowest BCUT2D eigenvalue weighted by molar-refractivity contribution is -0.263. The van der Waals surface area contributed by atoms with Gasteiger partial charge in [0.25, 0.3) is 0 Å². The van der Waals surface area contributed by atoms with Crippen LogP contribution in [0, 0.1) is 5.92 Å². The molecule has 0 spiro atoms. The van der Waals surface area contributed by atoms with Crippen molar-refractivity contribution in [2.24, 2.45) is 5.92 Å². The number of hydrogen-bond acceptors (Lipinski definition) is 7. The molecule has 52 heavy (non-hydrogen) atoms. The molecule has 5 unspecified atom stereocenters. The van der Waals surface area contributed by atoms with Crippen LogP contribution in [0.15, 0.2) is 133 Å². The van der Waals surface area contributed by atoms with Gasteiger partial charge in [0.05, 0.1) is 45.2 Å². The maximum Gasteiger partial charge on any atom is 0.163 e. The Morgan fingerprint density at radius 1 is 0.596 bits per heavy atom. The third-order valence-electron chi connectivity index (χ3n) is 9.67. The lowest BCUT2D eigenvalue weighted by Crippen LogP contribution is -2.60. The van der Waals surface area contributed by atoms with Crippen molar-refractivity contribution in [2.75, 3.05) is 6.61 Å². The van der Waals surface area contributed by atoms with Gasteiger partial charge in [0.15, 0.2) is 5.79 Å². The Hall–Kier alpha value is -3.66. The molecular formula is C45H54O7. The first kappa shape index (κ1) is 38.1. The van der Waals surface area contributed by atoms with Crippen molar-refractivity contribution >= 4 is 0 Å². The summed E-state index contributed by atoms with van der Waals surface area (Å²) < 4.78 is 46.5. The molecule has 0 aliphatic carbocycles. The molecule has 0 amide bonds. The van der Waals surface area contributed by atoms with Crippen molar-refractivity contribution in [1.29, 1.82) is 0 Å². The largest absolute Gasteiger partial charge is 0.374 e. The first-order valence-corrected chi connectivity index (χ1v) is 18.7. The molecule has 2 aliphatic rings. The summed E-state index contributed by atoms with van der Waals surface area (Å²) in [4.78, 5) is 0. The molecule has 2 fully saturated rings. The highest BCUT2D eigenvalue weighted by atomic mass is 16.8. The van der Waals surface area contributed by atoms with Crippen molar-refractivity contribution in [1.82, 2.24) is 0 Å². The van der Waals surface area contributed by atoms with E-state index in [1.54, 1.807) is 0 Å². The summed E-state index contributed by atoms with van der Waals surface area (Å²) in [5.41, 5.74) is 4.30. The number of rotatable bonds is 17. The minimum Gasteiger partial charge on any atom is -0.374 e. The van der Waals surface area contributed by atoms with E-state index >= 15 is 0 Å². The smallest absolute Gasteiger partial charge is 0.163 e. The summed E-state index contributed by atoms with van der Waals surface area (Å²) in [6.45, 7) is 10.2. The molecule has 2 aliphatic heterocycles. The van der Waals surface area contributed by atoms with Gasteiger partial charge in [-0.3, -0.25) is 0 Å². The highest BCUT2D eigenvalue weighted by molar-refractivity contribution is 5.17. The topological polar surface area (TPSA) is 64.6 Å². The van der Waals surface area contributed by atoms with Crippen LogP contribution in [-0.4, -0.2) is 55.1 Å². The minimum absolute atomic E-state index is 0.00362. The fraction of sp³-hybridized carbons (Fsp3) is 0.422. The Balaban J connectivity index is 1.32. The molecule has 0 aromatic heterocycles. The molecular weight excluding hydrogens is 652 g/mol. The van der Waals surface area contributed by atoms with Gasteiger partial charge in [-0.1, -0.05) is 147 Å². The third kappa shape index (κ3) is 10.7. The monoisotopic (exact) mass is 706 g/mol. The van der Waals surface area contributed by atoms with Gasteiger partial charge in [-0.25, -0.2) is 0 Å². The molecule has 2 heterocycles. The SMILES string of the molecule is CC[C@H]1OC(C)(C)O[C@H]1[C@@H](C)C=CC1OC(COCc2ccccc2)C(OCc2ccccc2)C(OCc2ccccc2)C1OCc1ccccc1. The molecule has 8 atom stereocenters. The highest BCUT2D eigenvalue weighted by Crippen LogP contribution is 2.36. The van der Waals surface area contributed by atoms with E-state index in [1.807, 2.05) is 86.6 Å². The second-order valence-corrected chi connectivity index (χ2v) is 14.2. The second kappa shape index (κ2) is 18.9. The molecule has 0 radical (unpaired) electrons. The van der Waals surface area contributed by atoms with Crippen LogP contribution in [0.4, 0.5) is 0 Å². The highest BCUT2D eigenvalue weighted by Gasteiger charge is 2.48. The lowest BCUT2D eigenvalue weighted by Gasteiger charge is -2.45. The van der Waals surface area contributed by atoms with Crippen molar-refractivity contribution in [2.45, 2.75) is 109 Å². The molecule has 0 bridgehead atoms. The van der Waals surface area contributed by atoms with Crippen molar-refractivity contribution in [3.05, 3.63) is 156 Å². The Morgan fingerprint density at radius 3 is 1.56 bits per heavy atom. The van der Waals surface area contributed by atoms with E-state index in [-0.39, 0.29) is 18.1 Å². The maximum atomic E-state index is 7.00. The molecule has 0 N–H and O–H groups in total. The van der Waals surface area contributed by atoms with E-state index in [4.69, 9.17) is 33.2 Å². The number of ether oxygens (including phenoxy) is 7. The van der Waals surface area contributed by atoms with E-state index in [1.165, 1.54) is 0 Å². The van der Waals surface area contributed by atoms with Crippen LogP contribution >= 0.6 is 0 Å². The fourth-order valence-corrected chi connectivity index (χ4v) is 7.00. The quantitative estimate of drug-likeness (QED) is 0.102. The summed E-state index contributed by atoms with van der Waals surface area (Å²) in [7, 11) is 0. The fourth-order valence-electron chi connectivity index (χ4n) is 7.00. The van der Waals surface area contributed by atoms with Crippen molar-refractivity contribution < 1.29 is 33.2 Å². The van der Waals surface area contributed by atoms with Gasteiger partial charge in [0.2, 0.25) is 0 Å². The number of benzene rings is 4. The maximum absolute atomic E-state index is 7.00. The first-order valence-electron chi connectivity index (χ1n) is 18.7. The second-order valence-electron chi connectivity index (χ2n) is 14.2. The standard InChI is InChI=1S/C45H54O7/c1-5-38-41(52-45(3,4)51-38)33(2)26-27-39-42(47-29-35-20-12-7-13-21-35)44(49-31-37-24-16-9-17-25-37)43(48-30-36-22-14-8-15-23-36)40(50-39)32-46-28-34-18-10-6-11-19-34/h6-27,33,38-44H,5,28-32H2,1-4H3/t33-,38+,39?,40?,41-,42?,43?,44?/m0/s1. The summed E-state index contributed by atoms with van der Waals surface area (Å²) in [6, 6.07) is 40.8. The Labute approximate surface area is 309 Å². The molecule has 276 valence electrons. The molecule has 4 aromatic rings. The molecule has 0 saturated carbocycles. The average Bonchev–Trinajstić information content (AvgIpc) is 3.51. The van der Waals surface area contributed by atoms with Crippen molar-refractivity contribution in [3.63, 3.8) is 0 Å². The van der Waals surface area contributed by atoms with Crippen LogP contribution in [-0.2, 0) is 59.6 Å². The predicted molar refractivity (Wildman–Crippen MR) is 202 cm³/mol. The van der Waals surface area contributed by atoms with Gasteiger partial charge in [-0.05, 0) is 42.5 Å². The van der Waals surface area contributed by atoms with Crippen LogP contribution in [0.1, 0.15) is 56.4 Å². The van der Waals surface area contributed by atoms with Gasteiger partial charge in [0.1, 0.15) is 30.5 Å². The molecule has 2 saturated heterocycles. The minimum atomic E-state index is -0.628. The Morgan fingerprint density at radius 2 is 1.06 bits per heavy atom. The van der Waals surface area contributed by atoms with E-state index in [0.717, 1.165) is 28.7 Å². The normalized spacial score (nSPS) is 26.4. The van der Waals surface area contributed by atoms with Gasteiger partial charge in [-0.15, -0.1) is 0 Å². The van der Waals surface area contributed by atoms with Crippen LogP contribution in [0.25, 0.3) is 0 Å². The van der Waals surface area contributed by atoms with Gasteiger partial charge in [-0.2, -0.15) is 0 Å². The van der Waals surface area contributed by atoms with Crippen LogP contribution in [0.2, 0.25) is 0 Å². The number of hydrogen-bond donors (Lipinski definition) is 0. The van der Waals surface area contributed by atoms with E-state index in [9.17, 15) is 0 Å². The third-order valence-corrected chi connectivity index (χ3v) is 9.67. The molecule has 7 nitrogen and oxygen atoms in total. The summed E-state index contributed by atoms with van der Waals surface area (Å²) >= 11 is 0. The first-order chi connectivity index (χ1) is 25.4. The average molecular weight is 707 g/mol. The van der Waals surface area contributed by atoms with Gasteiger partial charge < -0.3 is 33.2 Å².